The Kier molecular flexibility index (Phi) is 6.30. The third-order valence-electron chi connectivity index (χ3n) is 5.84. The van der Waals surface area contributed by atoms with E-state index in [9.17, 15) is 4.79 Å². The highest BCUT2D eigenvalue weighted by atomic mass is 16.5. The summed E-state index contributed by atoms with van der Waals surface area (Å²) in [4.78, 5) is 17.6. The van der Waals surface area contributed by atoms with Crippen LogP contribution in [0.3, 0.4) is 0 Å². The summed E-state index contributed by atoms with van der Waals surface area (Å²) in [7, 11) is 0. The van der Waals surface area contributed by atoms with Crippen LogP contribution in [0.5, 0.6) is 5.75 Å². The lowest BCUT2D eigenvalue weighted by molar-refractivity contribution is -0.138. The zero-order valence-electron chi connectivity index (χ0n) is 19.6. The van der Waals surface area contributed by atoms with E-state index in [-0.39, 0.29) is 6.61 Å². The van der Waals surface area contributed by atoms with E-state index in [1.807, 2.05) is 66.7 Å². The topological polar surface area (TPSA) is 78.3 Å². The van der Waals surface area contributed by atoms with Gasteiger partial charge in [0.05, 0.1) is 17.9 Å². The predicted molar refractivity (Wildman–Crippen MR) is 134 cm³/mol. The number of rotatable bonds is 7. The molecule has 1 aliphatic heterocycles. The molecule has 176 valence electrons. The number of anilines is 1. The molecule has 0 amide bonds. The summed E-state index contributed by atoms with van der Waals surface area (Å²) in [6, 6.07) is 25.2. The normalized spacial score (nSPS) is 14.7. The Balaban J connectivity index is 1.51. The van der Waals surface area contributed by atoms with Gasteiger partial charge in [-0.3, -0.25) is 0 Å². The van der Waals surface area contributed by atoms with Gasteiger partial charge in [-0.15, -0.1) is 0 Å². The van der Waals surface area contributed by atoms with Crippen LogP contribution in [0.25, 0.3) is 5.70 Å². The minimum absolute atomic E-state index is 0.271. The Morgan fingerprint density at radius 2 is 1.83 bits per heavy atom. The van der Waals surface area contributed by atoms with E-state index in [2.05, 4.69) is 34.5 Å². The Morgan fingerprint density at radius 1 is 1.03 bits per heavy atom. The van der Waals surface area contributed by atoms with Crippen molar-refractivity contribution < 1.29 is 14.3 Å². The standard InChI is InChI=1S/C28H26N4O3/c1-3-34-27(33)24-25(21-10-5-4-6-11-21)31-28-29-18-30-32(28)26(24)22-12-14-23(15-13-22)35-17-20-9-7-8-19(2)16-20/h4-16,18,26H,3,17H2,1-2H3,(H,29,30,31)/t26-/m0/s1. The molecule has 0 unspecified atom stereocenters. The molecule has 1 aromatic heterocycles. The van der Waals surface area contributed by atoms with Crippen molar-refractivity contribution in [3.63, 3.8) is 0 Å². The van der Waals surface area contributed by atoms with Crippen LogP contribution in [0.15, 0.2) is 90.8 Å². The molecule has 0 aliphatic carbocycles. The number of ether oxygens (including phenoxy) is 2. The van der Waals surface area contributed by atoms with E-state index < -0.39 is 12.0 Å². The van der Waals surface area contributed by atoms with Gasteiger partial charge in [0, 0.05) is 0 Å². The molecule has 0 radical (unpaired) electrons. The number of aryl methyl sites for hydroxylation is 1. The van der Waals surface area contributed by atoms with Crippen molar-refractivity contribution in [1.29, 1.82) is 0 Å². The van der Waals surface area contributed by atoms with Crippen LogP contribution in [0.1, 0.15) is 35.2 Å². The van der Waals surface area contributed by atoms with Crippen LogP contribution in [-0.4, -0.2) is 27.3 Å². The van der Waals surface area contributed by atoms with Gasteiger partial charge in [0.1, 0.15) is 24.7 Å². The average molecular weight is 467 g/mol. The summed E-state index contributed by atoms with van der Waals surface area (Å²) in [6.45, 7) is 4.61. The van der Waals surface area contributed by atoms with Crippen LogP contribution in [0.4, 0.5) is 5.95 Å². The largest absolute Gasteiger partial charge is 0.489 e. The van der Waals surface area contributed by atoms with Gasteiger partial charge >= 0.3 is 5.97 Å². The molecule has 0 saturated carbocycles. The minimum Gasteiger partial charge on any atom is -0.489 e. The van der Waals surface area contributed by atoms with Gasteiger partial charge in [0.15, 0.2) is 0 Å². The summed E-state index contributed by atoms with van der Waals surface area (Å²) in [6.07, 6.45) is 1.48. The molecule has 0 saturated heterocycles. The van der Waals surface area contributed by atoms with Crippen molar-refractivity contribution in [2.45, 2.75) is 26.5 Å². The van der Waals surface area contributed by atoms with E-state index >= 15 is 0 Å². The third-order valence-corrected chi connectivity index (χ3v) is 5.84. The van der Waals surface area contributed by atoms with Gasteiger partial charge in [-0.05, 0) is 42.7 Å². The van der Waals surface area contributed by atoms with Crippen LogP contribution < -0.4 is 10.1 Å². The highest BCUT2D eigenvalue weighted by Gasteiger charge is 2.36. The van der Waals surface area contributed by atoms with E-state index in [0.29, 0.717) is 23.8 Å². The highest BCUT2D eigenvalue weighted by Crippen LogP contribution is 2.39. The minimum atomic E-state index is -0.506. The number of fused-ring (bicyclic) bond motifs is 1. The summed E-state index contributed by atoms with van der Waals surface area (Å²) < 4.78 is 13.2. The number of nitrogens with zero attached hydrogens (tertiary/aromatic N) is 3. The lowest BCUT2D eigenvalue weighted by atomic mass is 9.93. The first-order valence-corrected chi connectivity index (χ1v) is 11.6. The Hall–Kier alpha value is -4.39. The van der Waals surface area contributed by atoms with Gasteiger partial charge in [0.2, 0.25) is 5.95 Å². The second-order valence-corrected chi connectivity index (χ2v) is 8.28. The maximum Gasteiger partial charge on any atom is 0.338 e. The number of aromatic nitrogens is 3. The number of benzene rings is 3. The average Bonchev–Trinajstić information content (AvgIpc) is 3.36. The molecule has 1 aliphatic rings. The molecule has 7 nitrogen and oxygen atoms in total. The molecule has 35 heavy (non-hydrogen) atoms. The zero-order chi connectivity index (χ0) is 24.2. The van der Waals surface area contributed by atoms with Crippen LogP contribution >= 0.6 is 0 Å². The quantitative estimate of drug-likeness (QED) is 0.379. The van der Waals surface area contributed by atoms with Gasteiger partial charge in [-0.2, -0.15) is 10.1 Å². The summed E-state index contributed by atoms with van der Waals surface area (Å²) in [5.41, 5.74) is 5.19. The van der Waals surface area contributed by atoms with Crippen molar-refractivity contribution in [3.05, 3.63) is 113 Å². The molecule has 4 aromatic rings. The van der Waals surface area contributed by atoms with Crippen molar-refractivity contribution >= 4 is 17.6 Å². The van der Waals surface area contributed by atoms with Crippen molar-refractivity contribution in [2.24, 2.45) is 0 Å². The number of esters is 1. The third kappa shape index (κ3) is 4.66. The van der Waals surface area contributed by atoms with Crippen LogP contribution in [0.2, 0.25) is 0 Å². The maximum absolute atomic E-state index is 13.2. The van der Waals surface area contributed by atoms with Crippen LogP contribution in [0, 0.1) is 6.92 Å². The Labute approximate surface area is 204 Å². The summed E-state index contributed by atoms with van der Waals surface area (Å²) in [5.74, 6) is 0.902. The summed E-state index contributed by atoms with van der Waals surface area (Å²) in [5, 5.41) is 7.69. The first kappa shape index (κ1) is 22.4. The lowest BCUT2D eigenvalue weighted by Gasteiger charge is -2.29. The molecule has 1 atom stereocenters. The van der Waals surface area contributed by atoms with Crippen molar-refractivity contribution in [1.82, 2.24) is 14.8 Å². The fourth-order valence-electron chi connectivity index (χ4n) is 4.24. The highest BCUT2D eigenvalue weighted by molar-refractivity contribution is 6.02. The van der Waals surface area contributed by atoms with Gasteiger partial charge < -0.3 is 14.8 Å². The second kappa shape index (κ2) is 9.85. The Bertz CT molecular complexity index is 1360. The molecule has 2 heterocycles. The number of hydrogen-bond acceptors (Lipinski definition) is 6. The van der Waals surface area contributed by atoms with E-state index in [0.717, 1.165) is 22.4 Å². The first-order chi connectivity index (χ1) is 17.1. The molecular formula is C28H26N4O3. The fourth-order valence-corrected chi connectivity index (χ4v) is 4.24. The second-order valence-electron chi connectivity index (χ2n) is 8.28. The van der Waals surface area contributed by atoms with Gasteiger partial charge in [-0.1, -0.05) is 72.3 Å². The number of carbonyl (C=O) groups is 1. The van der Waals surface area contributed by atoms with Crippen molar-refractivity contribution in [2.75, 3.05) is 11.9 Å². The zero-order valence-corrected chi connectivity index (χ0v) is 19.6. The van der Waals surface area contributed by atoms with E-state index in [4.69, 9.17) is 9.47 Å². The first-order valence-electron chi connectivity index (χ1n) is 11.6. The number of hydrogen-bond donors (Lipinski definition) is 1. The fraction of sp³-hybridized carbons (Fsp3) is 0.179. The monoisotopic (exact) mass is 466 g/mol. The molecule has 5 rings (SSSR count). The molecule has 0 spiro atoms. The smallest absolute Gasteiger partial charge is 0.338 e. The predicted octanol–water partition coefficient (Wildman–Crippen LogP) is 5.15. The Morgan fingerprint density at radius 3 is 2.57 bits per heavy atom. The molecule has 1 N–H and O–H groups in total. The van der Waals surface area contributed by atoms with Crippen molar-refractivity contribution in [3.8, 4) is 5.75 Å². The van der Waals surface area contributed by atoms with Gasteiger partial charge in [0.25, 0.3) is 0 Å². The SMILES string of the molecule is CCOC(=O)C1=C(c2ccccc2)Nc2ncnn2[C@H]1c1ccc(OCc2cccc(C)c2)cc1. The molecule has 0 fully saturated rings. The summed E-state index contributed by atoms with van der Waals surface area (Å²) >= 11 is 0. The number of nitrogens with one attached hydrogen (secondary N) is 1. The molecular weight excluding hydrogens is 440 g/mol. The maximum atomic E-state index is 13.2. The molecule has 3 aromatic carbocycles. The molecule has 0 bridgehead atoms. The lowest BCUT2D eigenvalue weighted by Crippen LogP contribution is -2.30. The van der Waals surface area contributed by atoms with Crippen LogP contribution in [-0.2, 0) is 16.1 Å². The van der Waals surface area contributed by atoms with Gasteiger partial charge in [-0.25, -0.2) is 9.48 Å². The van der Waals surface area contributed by atoms with E-state index in [1.54, 1.807) is 11.6 Å². The molecule has 7 heteroatoms. The number of carbonyl (C=O) groups excluding carboxylic acids is 1. The van der Waals surface area contributed by atoms with E-state index in [1.165, 1.54) is 11.9 Å².